The standard InChI is InChI=1S/C23H19F5N8O2/c1-21(10-4-3-5-11(37)8-10)14-16(29)33-18(34-17(14)35-20(21)38)15-12-9-30-36(2)19(12)32-13(31-15)6-7-22(24,25)23(26,27)28/h3-5,8-9,37H,6-7H2,1-2H3,(H3,29,33,34,35,38)/i2D3. The van der Waals surface area contributed by atoms with Crippen LogP contribution in [0.3, 0.4) is 0 Å². The van der Waals surface area contributed by atoms with Crippen molar-refractivity contribution in [3.63, 3.8) is 0 Å². The van der Waals surface area contributed by atoms with Gasteiger partial charge in [-0.1, -0.05) is 12.1 Å². The minimum absolute atomic E-state index is 0.0523. The fourth-order valence-corrected chi connectivity index (χ4v) is 4.25. The molecule has 0 saturated carbocycles. The van der Waals surface area contributed by atoms with E-state index < -0.39 is 54.7 Å². The summed E-state index contributed by atoms with van der Waals surface area (Å²) >= 11 is 0. The first-order chi connectivity index (χ1) is 18.9. The van der Waals surface area contributed by atoms with Crippen molar-refractivity contribution in [1.82, 2.24) is 29.7 Å². The third-order valence-electron chi connectivity index (χ3n) is 6.31. The highest BCUT2D eigenvalue weighted by Gasteiger charge is 2.56. The maximum Gasteiger partial charge on any atom is 0.453 e. The lowest BCUT2D eigenvalue weighted by molar-refractivity contribution is -0.284. The summed E-state index contributed by atoms with van der Waals surface area (Å²) in [6.45, 7) is -1.36. The van der Waals surface area contributed by atoms with Crippen LogP contribution in [0, 0.1) is 0 Å². The van der Waals surface area contributed by atoms with Crippen LogP contribution in [0.4, 0.5) is 33.6 Å². The van der Waals surface area contributed by atoms with E-state index in [1.807, 2.05) is 0 Å². The van der Waals surface area contributed by atoms with E-state index in [9.17, 15) is 31.9 Å². The summed E-state index contributed by atoms with van der Waals surface area (Å²) in [5.41, 5.74) is 4.70. The summed E-state index contributed by atoms with van der Waals surface area (Å²) in [5.74, 6) is -6.86. The zero-order valence-corrected chi connectivity index (χ0v) is 19.3. The Morgan fingerprint density at radius 2 is 1.95 bits per heavy atom. The first-order valence-corrected chi connectivity index (χ1v) is 10.9. The van der Waals surface area contributed by atoms with Gasteiger partial charge in [0.1, 0.15) is 34.3 Å². The van der Waals surface area contributed by atoms with Gasteiger partial charge in [-0.15, -0.1) is 0 Å². The number of aromatic nitrogens is 6. The number of carbonyl (C=O) groups excluding carboxylic acids is 1. The molecule has 38 heavy (non-hydrogen) atoms. The molecule has 15 heteroatoms. The summed E-state index contributed by atoms with van der Waals surface area (Å²) in [6.07, 6.45) is -7.48. The predicted octanol–water partition coefficient (Wildman–Crippen LogP) is 3.50. The van der Waals surface area contributed by atoms with E-state index >= 15 is 0 Å². The quantitative estimate of drug-likeness (QED) is 0.328. The fourth-order valence-electron chi connectivity index (χ4n) is 4.25. The highest BCUT2D eigenvalue weighted by Crippen LogP contribution is 2.45. The summed E-state index contributed by atoms with van der Waals surface area (Å²) < 4.78 is 89.1. The number of fused-ring (bicyclic) bond motifs is 2. The lowest BCUT2D eigenvalue weighted by Gasteiger charge is -2.23. The number of phenolic OH excluding ortho intramolecular Hbond substituents is 1. The van der Waals surface area contributed by atoms with E-state index in [0.717, 1.165) is 6.20 Å². The van der Waals surface area contributed by atoms with Gasteiger partial charge in [0, 0.05) is 23.9 Å². The van der Waals surface area contributed by atoms with Gasteiger partial charge in [0.05, 0.1) is 17.1 Å². The molecule has 1 atom stereocenters. The number of hydrogen-bond acceptors (Lipinski definition) is 8. The van der Waals surface area contributed by atoms with E-state index in [1.165, 1.54) is 25.1 Å². The number of alkyl halides is 5. The van der Waals surface area contributed by atoms with Crippen LogP contribution in [0.25, 0.3) is 22.6 Å². The van der Waals surface area contributed by atoms with Gasteiger partial charge in [-0.2, -0.15) is 27.1 Å². The molecule has 0 saturated heterocycles. The van der Waals surface area contributed by atoms with E-state index in [4.69, 9.17) is 9.85 Å². The van der Waals surface area contributed by atoms with Crippen molar-refractivity contribution in [2.24, 2.45) is 6.98 Å². The Bertz CT molecular complexity index is 1710. The molecule has 1 amide bonds. The van der Waals surface area contributed by atoms with Gasteiger partial charge < -0.3 is 16.2 Å². The van der Waals surface area contributed by atoms with Gasteiger partial charge >= 0.3 is 12.1 Å². The Hall–Kier alpha value is -4.43. The summed E-state index contributed by atoms with van der Waals surface area (Å²) in [4.78, 5) is 29.6. The van der Waals surface area contributed by atoms with Crippen LogP contribution in [0.2, 0.25) is 0 Å². The monoisotopic (exact) mass is 537 g/mol. The van der Waals surface area contributed by atoms with Crippen molar-refractivity contribution in [1.29, 1.82) is 0 Å². The van der Waals surface area contributed by atoms with Crippen LogP contribution in [-0.2, 0) is 23.6 Å². The molecule has 0 aliphatic carbocycles. The van der Waals surface area contributed by atoms with Gasteiger partial charge in [0.15, 0.2) is 11.5 Å². The average Bonchev–Trinajstić information content (AvgIpc) is 3.41. The number of aryl methyl sites for hydroxylation is 2. The minimum Gasteiger partial charge on any atom is -0.508 e. The Labute approximate surface area is 215 Å². The first kappa shape index (κ1) is 21.6. The minimum atomic E-state index is -5.82. The Morgan fingerprint density at radius 1 is 1.18 bits per heavy atom. The molecule has 10 nitrogen and oxygen atoms in total. The van der Waals surface area contributed by atoms with Gasteiger partial charge in [-0.05, 0) is 24.6 Å². The second-order valence-corrected chi connectivity index (χ2v) is 8.77. The second kappa shape index (κ2) is 8.29. The molecule has 5 rings (SSSR count). The van der Waals surface area contributed by atoms with Crippen molar-refractivity contribution < 1.29 is 36.0 Å². The Kier molecular flexibility index (Phi) is 4.72. The molecule has 4 aromatic rings. The summed E-state index contributed by atoms with van der Waals surface area (Å²) in [5, 5.41) is 16.2. The average molecular weight is 537 g/mol. The predicted molar refractivity (Wildman–Crippen MR) is 124 cm³/mol. The number of rotatable bonds is 5. The molecule has 1 aliphatic heterocycles. The van der Waals surface area contributed by atoms with Gasteiger partial charge in [0.2, 0.25) is 5.91 Å². The van der Waals surface area contributed by atoms with E-state index in [1.54, 1.807) is 6.07 Å². The summed E-state index contributed by atoms with van der Waals surface area (Å²) in [6, 6.07) is 5.88. The zero-order valence-electron chi connectivity index (χ0n) is 22.3. The number of aromatic hydroxyl groups is 1. The van der Waals surface area contributed by atoms with Crippen LogP contribution in [0.5, 0.6) is 5.75 Å². The number of amides is 1. The van der Waals surface area contributed by atoms with Gasteiger partial charge in [-0.3, -0.25) is 9.48 Å². The molecule has 198 valence electrons. The van der Waals surface area contributed by atoms with Crippen LogP contribution in [0.15, 0.2) is 30.5 Å². The van der Waals surface area contributed by atoms with E-state index in [2.05, 4.69) is 30.4 Å². The normalized spacial score (nSPS) is 19.1. The summed E-state index contributed by atoms with van der Waals surface area (Å²) in [7, 11) is 0. The molecule has 1 aromatic carbocycles. The van der Waals surface area contributed by atoms with E-state index in [0.29, 0.717) is 10.2 Å². The number of nitrogens with one attached hydrogen (secondary N) is 1. The Balaban J connectivity index is 1.66. The third-order valence-corrected chi connectivity index (χ3v) is 6.31. The lowest BCUT2D eigenvalue weighted by atomic mass is 9.77. The molecule has 3 aromatic heterocycles. The van der Waals surface area contributed by atoms with Crippen LogP contribution < -0.4 is 11.1 Å². The number of anilines is 2. The maximum atomic E-state index is 13.7. The Morgan fingerprint density at radius 3 is 2.63 bits per heavy atom. The molecule has 1 unspecified atom stereocenters. The molecule has 0 radical (unpaired) electrons. The highest BCUT2D eigenvalue weighted by atomic mass is 19.4. The van der Waals surface area contributed by atoms with Crippen LogP contribution in [-0.4, -0.2) is 52.8 Å². The molecule has 4 heterocycles. The number of benzene rings is 1. The van der Waals surface area contributed by atoms with Crippen molar-refractivity contribution in [2.75, 3.05) is 11.1 Å². The molecule has 0 bridgehead atoms. The highest BCUT2D eigenvalue weighted by molar-refractivity contribution is 6.09. The maximum absolute atomic E-state index is 13.7. The van der Waals surface area contributed by atoms with Crippen molar-refractivity contribution in [3.05, 3.63) is 47.4 Å². The number of nitrogen functional groups attached to an aromatic ring is 1. The topological polar surface area (TPSA) is 145 Å². The van der Waals surface area contributed by atoms with Crippen molar-refractivity contribution in [3.8, 4) is 17.3 Å². The van der Waals surface area contributed by atoms with Gasteiger partial charge in [0.25, 0.3) is 0 Å². The smallest absolute Gasteiger partial charge is 0.453 e. The van der Waals surface area contributed by atoms with Crippen molar-refractivity contribution in [2.45, 2.75) is 37.3 Å². The molecule has 1 aliphatic rings. The number of phenols is 1. The molecule has 0 fully saturated rings. The van der Waals surface area contributed by atoms with Gasteiger partial charge in [-0.25, -0.2) is 19.9 Å². The molecular formula is C23H19F5N8O2. The lowest BCUT2D eigenvalue weighted by Crippen LogP contribution is -2.36. The molecule has 0 spiro atoms. The van der Waals surface area contributed by atoms with E-state index in [-0.39, 0.29) is 39.9 Å². The third kappa shape index (κ3) is 3.85. The molecule has 4 N–H and O–H groups in total. The number of nitrogens with zero attached hydrogens (tertiary/aromatic N) is 6. The molecular weight excluding hydrogens is 515 g/mol. The number of halogens is 5. The first-order valence-electron chi connectivity index (χ1n) is 12.4. The zero-order chi connectivity index (χ0) is 30.1. The largest absolute Gasteiger partial charge is 0.508 e. The number of nitrogens with two attached hydrogens (primary N) is 1. The number of carbonyl (C=O) groups is 1. The van der Waals surface area contributed by atoms with Crippen LogP contribution in [0.1, 0.15) is 34.4 Å². The number of hydrogen-bond donors (Lipinski definition) is 3. The fraction of sp³-hybridized carbons (Fsp3) is 0.304. The second-order valence-electron chi connectivity index (χ2n) is 8.77. The SMILES string of the molecule is [2H]C([2H])([2H])n1ncc2c(-c3nc(N)c4c(n3)NC(=O)C4(C)c3cccc(O)c3)nc(CCC(F)(F)C(F)(F)F)nc21. The van der Waals surface area contributed by atoms with Crippen molar-refractivity contribution >= 4 is 28.6 Å². The van der Waals surface area contributed by atoms with Crippen LogP contribution >= 0.6 is 0 Å².